The number of carbonyl (C=O) groups excluding carboxylic acids is 1. The van der Waals surface area contributed by atoms with Crippen LogP contribution in [0.2, 0.25) is 0 Å². The van der Waals surface area contributed by atoms with Crippen molar-refractivity contribution in [3.05, 3.63) is 77.2 Å². The summed E-state index contributed by atoms with van der Waals surface area (Å²) in [5, 5.41) is 4.35. The number of aromatic nitrogens is 1. The van der Waals surface area contributed by atoms with Crippen LogP contribution in [0, 0.1) is 5.82 Å². The Labute approximate surface area is 143 Å². The zero-order chi connectivity index (χ0) is 17.6. The summed E-state index contributed by atoms with van der Waals surface area (Å²) in [6, 6.07) is 13.1. The number of esters is 1. The Kier molecular flexibility index (Phi) is 4.99. The largest absolute Gasteiger partial charge is 0.465 e. The van der Waals surface area contributed by atoms with E-state index in [9.17, 15) is 9.18 Å². The van der Waals surface area contributed by atoms with Crippen LogP contribution in [-0.2, 0) is 16.2 Å². The minimum atomic E-state index is -0.393. The molecule has 0 N–H and O–H groups in total. The average molecular weight is 338 g/mol. The fourth-order valence-electron chi connectivity index (χ4n) is 2.34. The third-order valence-electron chi connectivity index (χ3n) is 3.63. The topological polar surface area (TPSA) is 60.8 Å². The van der Waals surface area contributed by atoms with Gasteiger partial charge in [0.1, 0.15) is 12.4 Å². The van der Waals surface area contributed by atoms with E-state index < -0.39 is 5.97 Å². The Hall–Kier alpha value is -3.28. The molecule has 0 aliphatic rings. The molecule has 126 valence electrons. The second-order valence-corrected chi connectivity index (χ2v) is 5.23. The number of methoxy groups -OCH3 is 1. The van der Waals surface area contributed by atoms with Crippen molar-refractivity contribution in [2.24, 2.45) is 5.16 Å². The lowest BCUT2D eigenvalue weighted by Gasteiger charge is -2.05. The lowest BCUT2D eigenvalue weighted by Crippen LogP contribution is -2.00. The first-order valence-corrected chi connectivity index (χ1v) is 7.55. The third-order valence-corrected chi connectivity index (χ3v) is 3.63. The molecule has 3 rings (SSSR count). The number of rotatable bonds is 5. The van der Waals surface area contributed by atoms with Gasteiger partial charge in [0.2, 0.25) is 0 Å². The zero-order valence-electron chi connectivity index (χ0n) is 13.5. The predicted molar refractivity (Wildman–Crippen MR) is 91.9 cm³/mol. The number of hydrogen-bond donors (Lipinski definition) is 0. The van der Waals surface area contributed by atoms with Crippen molar-refractivity contribution >= 4 is 23.1 Å². The molecule has 25 heavy (non-hydrogen) atoms. The summed E-state index contributed by atoms with van der Waals surface area (Å²) in [7, 11) is 1.33. The highest BCUT2D eigenvalue weighted by Gasteiger charge is 2.07. The lowest BCUT2D eigenvalue weighted by atomic mass is 10.1. The van der Waals surface area contributed by atoms with Gasteiger partial charge < -0.3 is 9.57 Å². The van der Waals surface area contributed by atoms with Gasteiger partial charge in [0, 0.05) is 17.1 Å². The summed E-state index contributed by atoms with van der Waals surface area (Å²) in [6.07, 6.45) is 3.14. The van der Waals surface area contributed by atoms with Gasteiger partial charge in [0.05, 0.1) is 24.4 Å². The molecular formula is C19H15FN2O3. The van der Waals surface area contributed by atoms with Crippen molar-refractivity contribution in [2.75, 3.05) is 7.11 Å². The molecule has 0 aliphatic carbocycles. The van der Waals surface area contributed by atoms with Crippen molar-refractivity contribution < 1.29 is 18.8 Å². The van der Waals surface area contributed by atoms with Gasteiger partial charge in [-0.05, 0) is 35.9 Å². The van der Waals surface area contributed by atoms with Crippen LogP contribution in [0.5, 0.6) is 0 Å². The second kappa shape index (κ2) is 7.53. The van der Waals surface area contributed by atoms with Crippen LogP contribution in [-0.4, -0.2) is 24.3 Å². The quantitative estimate of drug-likeness (QED) is 0.404. The molecule has 0 unspecified atom stereocenters. The zero-order valence-corrected chi connectivity index (χ0v) is 13.5. The number of pyridine rings is 1. The highest BCUT2D eigenvalue weighted by Crippen LogP contribution is 2.20. The van der Waals surface area contributed by atoms with Gasteiger partial charge in [-0.2, -0.15) is 0 Å². The van der Waals surface area contributed by atoms with Crippen LogP contribution in [0.15, 0.2) is 59.9 Å². The molecule has 0 spiro atoms. The van der Waals surface area contributed by atoms with E-state index in [0.29, 0.717) is 16.5 Å². The SMILES string of the molecule is COC(=O)c1ccc(/C=N/OCc2ccc(F)c3cccnc23)cc1. The van der Waals surface area contributed by atoms with Crippen LogP contribution in [0.1, 0.15) is 21.5 Å². The molecule has 1 heterocycles. The number of oxime groups is 1. The highest BCUT2D eigenvalue weighted by atomic mass is 19.1. The van der Waals surface area contributed by atoms with E-state index in [0.717, 1.165) is 11.1 Å². The number of fused-ring (bicyclic) bond motifs is 1. The van der Waals surface area contributed by atoms with Crippen LogP contribution in [0.25, 0.3) is 10.9 Å². The molecule has 0 bridgehead atoms. The number of hydrogen-bond acceptors (Lipinski definition) is 5. The minimum absolute atomic E-state index is 0.171. The molecule has 1 aromatic heterocycles. The van der Waals surface area contributed by atoms with Crippen molar-refractivity contribution in [1.82, 2.24) is 4.98 Å². The molecule has 0 aliphatic heterocycles. The number of halogens is 1. The number of benzene rings is 2. The molecule has 2 aromatic carbocycles. The third kappa shape index (κ3) is 3.80. The summed E-state index contributed by atoms with van der Waals surface area (Å²) in [4.78, 5) is 20.8. The average Bonchev–Trinajstić information content (AvgIpc) is 2.67. The summed E-state index contributed by atoms with van der Waals surface area (Å²) >= 11 is 0. The van der Waals surface area contributed by atoms with Gasteiger partial charge in [0.25, 0.3) is 0 Å². The molecule has 0 atom stereocenters. The molecular weight excluding hydrogens is 323 g/mol. The van der Waals surface area contributed by atoms with E-state index in [1.54, 1.807) is 48.7 Å². The van der Waals surface area contributed by atoms with Gasteiger partial charge in [-0.3, -0.25) is 4.98 Å². The molecule has 5 nitrogen and oxygen atoms in total. The first-order chi connectivity index (χ1) is 12.2. The Bertz CT molecular complexity index is 924. The fourth-order valence-corrected chi connectivity index (χ4v) is 2.34. The number of nitrogens with zero attached hydrogens (tertiary/aromatic N) is 2. The van der Waals surface area contributed by atoms with Gasteiger partial charge >= 0.3 is 5.97 Å². The predicted octanol–water partition coefficient (Wildman–Crippen LogP) is 3.71. The molecule has 0 saturated heterocycles. The van der Waals surface area contributed by atoms with Gasteiger partial charge in [-0.15, -0.1) is 0 Å². The molecule has 0 fully saturated rings. The van der Waals surface area contributed by atoms with Crippen molar-refractivity contribution in [3.8, 4) is 0 Å². The summed E-state index contributed by atoms with van der Waals surface area (Å²) in [6.45, 7) is 0.171. The van der Waals surface area contributed by atoms with Gasteiger partial charge in [0.15, 0.2) is 0 Å². The van der Waals surface area contributed by atoms with Crippen LogP contribution in [0.3, 0.4) is 0 Å². The van der Waals surface area contributed by atoms with E-state index >= 15 is 0 Å². The van der Waals surface area contributed by atoms with E-state index in [1.807, 2.05) is 0 Å². The summed E-state index contributed by atoms with van der Waals surface area (Å²) < 4.78 is 18.4. The first kappa shape index (κ1) is 16.6. The van der Waals surface area contributed by atoms with Crippen molar-refractivity contribution in [3.63, 3.8) is 0 Å². The highest BCUT2D eigenvalue weighted by molar-refractivity contribution is 5.90. The Morgan fingerprint density at radius 2 is 2.00 bits per heavy atom. The van der Waals surface area contributed by atoms with Crippen LogP contribution in [0.4, 0.5) is 4.39 Å². The molecule has 0 saturated carbocycles. The van der Waals surface area contributed by atoms with E-state index in [-0.39, 0.29) is 12.4 Å². The molecule has 3 aromatic rings. The van der Waals surface area contributed by atoms with E-state index in [4.69, 9.17) is 4.84 Å². The fraction of sp³-hybridized carbons (Fsp3) is 0.105. The Morgan fingerprint density at radius 3 is 2.76 bits per heavy atom. The van der Waals surface area contributed by atoms with E-state index in [1.165, 1.54) is 19.4 Å². The van der Waals surface area contributed by atoms with Crippen LogP contribution < -0.4 is 0 Å². The minimum Gasteiger partial charge on any atom is -0.465 e. The smallest absolute Gasteiger partial charge is 0.337 e. The number of ether oxygens (including phenoxy) is 1. The number of carbonyl (C=O) groups is 1. The summed E-state index contributed by atoms with van der Waals surface area (Å²) in [5.41, 5.74) is 2.54. The first-order valence-electron chi connectivity index (χ1n) is 7.55. The normalized spacial score (nSPS) is 11.0. The van der Waals surface area contributed by atoms with Gasteiger partial charge in [-0.1, -0.05) is 23.4 Å². The van der Waals surface area contributed by atoms with Crippen LogP contribution >= 0.6 is 0 Å². The van der Waals surface area contributed by atoms with Crippen molar-refractivity contribution in [2.45, 2.75) is 6.61 Å². The maximum absolute atomic E-state index is 13.7. The van der Waals surface area contributed by atoms with E-state index in [2.05, 4.69) is 14.9 Å². The summed E-state index contributed by atoms with van der Waals surface area (Å²) in [5.74, 6) is -0.712. The maximum atomic E-state index is 13.7. The second-order valence-electron chi connectivity index (χ2n) is 5.23. The van der Waals surface area contributed by atoms with Gasteiger partial charge in [-0.25, -0.2) is 9.18 Å². The Balaban J connectivity index is 1.66. The standard InChI is InChI=1S/C19H15FN2O3/c1-24-19(23)14-6-4-13(5-7-14)11-22-25-12-15-8-9-17(20)16-3-2-10-21-18(15)16/h2-11H,12H2,1H3/b22-11+. The van der Waals surface area contributed by atoms with Crippen molar-refractivity contribution in [1.29, 1.82) is 0 Å². The monoisotopic (exact) mass is 338 g/mol. The Morgan fingerprint density at radius 1 is 1.20 bits per heavy atom. The maximum Gasteiger partial charge on any atom is 0.337 e. The molecule has 6 heteroatoms. The lowest BCUT2D eigenvalue weighted by molar-refractivity contribution is 0.0600. The molecule has 0 amide bonds. The molecule has 0 radical (unpaired) electrons.